The Balaban J connectivity index is 0. The molecule has 76 valence electrons. The molecule has 2 nitrogen and oxygen atoms in total. The highest BCUT2D eigenvalue weighted by atomic mass is 16.3. The molecule has 0 aromatic carbocycles. The summed E-state index contributed by atoms with van der Waals surface area (Å²) in [5.74, 6) is 2.40. The third kappa shape index (κ3) is 18.3. The van der Waals surface area contributed by atoms with Gasteiger partial charge in [0.05, 0.1) is 6.10 Å². The van der Waals surface area contributed by atoms with Crippen molar-refractivity contribution in [1.29, 1.82) is 0 Å². The van der Waals surface area contributed by atoms with E-state index in [4.69, 9.17) is 11.5 Å². The van der Waals surface area contributed by atoms with Gasteiger partial charge in [-0.1, -0.05) is 20.3 Å². The number of hydrogen-bond acceptors (Lipinski definition) is 2. The highest BCUT2D eigenvalue weighted by Gasteiger charge is 1.96. The number of rotatable bonds is 5. The van der Waals surface area contributed by atoms with E-state index >= 15 is 0 Å². The molecule has 0 saturated carbocycles. The average Bonchev–Trinajstić information content (AvgIpc) is 2.08. The quantitative estimate of drug-likeness (QED) is 0.525. The van der Waals surface area contributed by atoms with Gasteiger partial charge in [0.1, 0.15) is 6.29 Å². The minimum absolute atomic E-state index is 0.273. The van der Waals surface area contributed by atoms with Gasteiger partial charge in [0.25, 0.3) is 0 Å². The number of carbonyl (C=O) groups is 1. The van der Waals surface area contributed by atoms with Crippen LogP contribution < -0.4 is 0 Å². The van der Waals surface area contributed by atoms with Crippen LogP contribution in [0.5, 0.6) is 0 Å². The summed E-state index contributed by atoms with van der Waals surface area (Å²) in [6.45, 7) is 4.01. The van der Waals surface area contributed by atoms with Crippen molar-refractivity contribution in [2.75, 3.05) is 0 Å². The van der Waals surface area contributed by atoms with Crippen LogP contribution >= 0.6 is 0 Å². The summed E-state index contributed by atoms with van der Waals surface area (Å²) in [5, 5.41) is 8.91. The number of unbranched alkanes of at least 4 members (excludes halogenated alkanes) is 1. The third-order valence-electron chi connectivity index (χ3n) is 1.38. The van der Waals surface area contributed by atoms with Crippen molar-refractivity contribution in [1.82, 2.24) is 0 Å². The molecular formula is C11H20O2. The maximum Gasteiger partial charge on any atom is 0.119 e. The summed E-state index contributed by atoms with van der Waals surface area (Å²) in [6, 6.07) is 0. The first-order valence-corrected chi connectivity index (χ1v) is 4.78. The van der Waals surface area contributed by atoms with Gasteiger partial charge < -0.3 is 9.90 Å². The molecule has 0 spiro atoms. The normalized spacial score (nSPS) is 10.6. The van der Waals surface area contributed by atoms with Crippen LogP contribution in [0, 0.1) is 12.3 Å². The van der Waals surface area contributed by atoms with E-state index in [1.807, 2.05) is 13.8 Å². The van der Waals surface area contributed by atoms with Gasteiger partial charge >= 0.3 is 0 Å². The molecule has 0 aromatic heterocycles. The molecule has 1 atom stereocenters. The van der Waals surface area contributed by atoms with E-state index < -0.39 is 0 Å². The second kappa shape index (κ2) is 13.8. The predicted molar refractivity (Wildman–Crippen MR) is 55.3 cm³/mol. The molecule has 0 heterocycles. The van der Waals surface area contributed by atoms with Crippen LogP contribution in [-0.4, -0.2) is 17.5 Å². The van der Waals surface area contributed by atoms with Crippen molar-refractivity contribution in [2.24, 2.45) is 0 Å². The molecule has 0 rings (SSSR count). The Morgan fingerprint density at radius 1 is 1.46 bits per heavy atom. The van der Waals surface area contributed by atoms with Gasteiger partial charge in [-0.25, -0.2) is 0 Å². The third-order valence-corrected chi connectivity index (χ3v) is 1.38. The monoisotopic (exact) mass is 184 g/mol. The number of carbonyl (C=O) groups excluding carboxylic acids is 1. The summed E-state index contributed by atoms with van der Waals surface area (Å²) in [6.07, 6.45) is 9.61. The van der Waals surface area contributed by atoms with E-state index in [9.17, 15) is 4.79 Å². The second-order valence-electron chi connectivity index (χ2n) is 2.81. The first-order chi connectivity index (χ1) is 6.22. The molecule has 1 N–H and O–H groups in total. The number of aldehydes is 1. The van der Waals surface area contributed by atoms with E-state index in [2.05, 4.69) is 5.92 Å². The first-order valence-electron chi connectivity index (χ1n) is 4.78. The predicted octanol–water partition coefficient (Wildman–Crippen LogP) is 2.16. The lowest BCUT2D eigenvalue weighted by molar-refractivity contribution is -0.107. The van der Waals surface area contributed by atoms with Crippen molar-refractivity contribution < 1.29 is 9.90 Å². The number of aliphatic hydroxyl groups excluding tert-OH is 1. The lowest BCUT2D eigenvalue weighted by Crippen LogP contribution is -2.02. The van der Waals surface area contributed by atoms with Crippen LogP contribution in [0.3, 0.4) is 0 Å². The Hall–Kier alpha value is -0.810. The molecular weight excluding hydrogens is 164 g/mol. The zero-order valence-electron chi connectivity index (χ0n) is 8.62. The fraction of sp³-hybridized carbons (Fsp3) is 0.727. The molecule has 0 aliphatic heterocycles. The standard InChI is InChI=1S/C7H12O.C4H8O/c1-3-5-7(8)6-4-2;1-2-3-4-5/h1,7-8H,4-6H2,2H3;4H,2-3H2,1H3. The van der Waals surface area contributed by atoms with Crippen molar-refractivity contribution in [2.45, 2.75) is 52.1 Å². The number of aliphatic hydroxyl groups is 1. The van der Waals surface area contributed by atoms with Crippen LogP contribution in [0.2, 0.25) is 0 Å². The van der Waals surface area contributed by atoms with E-state index in [1.54, 1.807) is 0 Å². The van der Waals surface area contributed by atoms with Gasteiger partial charge in [0, 0.05) is 12.8 Å². The molecule has 0 radical (unpaired) electrons. The summed E-state index contributed by atoms with van der Waals surface area (Å²) in [7, 11) is 0. The minimum Gasteiger partial charge on any atom is -0.392 e. The molecule has 0 bridgehead atoms. The first kappa shape index (κ1) is 14.7. The number of terminal acetylenes is 1. The summed E-state index contributed by atoms with van der Waals surface area (Å²) < 4.78 is 0. The van der Waals surface area contributed by atoms with Gasteiger partial charge in [-0.2, -0.15) is 0 Å². The second-order valence-corrected chi connectivity index (χ2v) is 2.81. The van der Waals surface area contributed by atoms with E-state index in [0.717, 1.165) is 25.5 Å². The van der Waals surface area contributed by atoms with Crippen LogP contribution in [0.25, 0.3) is 0 Å². The molecule has 0 aliphatic carbocycles. The zero-order chi connectivity index (χ0) is 10.5. The van der Waals surface area contributed by atoms with E-state index in [0.29, 0.717) is 12.8 Å². The zero-order valence-corrected chi connectivity index (χ0v) is 8.62. The fourth-order valence-electron chi connectivity index (χ4n) is 0.689. The Kier molecular flexibility index (Phi) is 15.6. The highest BCUT2D eigenvalue weighted by Crippen LogP contribution is 1.98. The minimum atomic E-state index is -0.273. The highest BCUT2D eigenvalue weighted by molar-refractivity contribution is 5.48. The van der Waals surface area contributed by atoms with Crippen LogP contribution in [-0.2, 0) is 4.79 Å². The maximum atomic E-state index is 9.40. The topological polar surface area (TPSA) is 37.3 Å². The summed E-state index contributed by atoms with van der Waals surface area (Å²) >= 11 is 0. The Labute approximate surface area is 81.3 Å². The summed E-state index contributed by atoms with van der Waals surface area (Å²) in [5.41, 5.74) is 0. The Morgan fingerprint density at radius 2 is 2.08 bits per heavy atom. The van der Waals surface area contributed by atoms with E-state index in [-0.39, 0.29) is 6.10 Å². The fourth-order valence-corrected chi connectivity index (χ4v) is 0.689. The van der Waals surface area contributed by atoms with Gasteiger partial charge in [0.2, 0.25) is 0 Å². The van der Waals surface area contributed by atoms with Crippen molar-refractivity contribution in [3.8, 4) is 12.3 Å². The molecule has 0 fully saturated rings. The van der Waals surface area contributed by atoms with Crippen LogP contribution in [0.4, 0.5) is 0 Å². The SMILES string of the molecule is C#CCC(O)CCC.CCCC=O. The van der Waals surface area contributed by atoms with Gasteiger partial charge in [0.15, 0.2) is 0 Å². The smallest absolute Gasteiger partial charge is 0.119 e. The average molecular weight is 184 g/mol. The number of hydrogen-bond donors (Lipinski definition) is 1. The van der Waals surface area contributed by atoms with E-state index in [1.165, 1.54) is 0 Å². The molecule has 2 heteroatoms. The Bertz CT molecular complexity index is 136. The van der Waals surface area contributed by atoms with Gasteiger partial charge in [-0.3, -0.25) is 0 Å². The lowest BCUT2D eigenvalue weighted by Gasteiger charge is -2.01. The molecule has 0 amide bonds. The molecule has 0 saturated heterocycles. The maximum absolute atomic E-state index is 9.40. The van der Waals surface area contributed by atoms with Crippen LogP contribution in [0.1, 0.15) is 46.0 Å². The van der Waals surface area contributed by atoms with Crippen molar-refractivity contribution in [3.05, 3.63) is 0 Å². The van der Waals surface area contributed by atoms with Crippen molar-refractivity contribution >= 4 is 6.29 Å². The van der Waals surface area contributed by atoms with Crippen LogP contribution in [0.15, 0.2) is 0 Å². The lowest BCUT2D eigenvalue weighted by atomic mass is 10.1. The molecule has 0 aliphatic rings. The summed E-state index contributed by atoms with van der Waals surface area (Å²) in [4.78, 5) is 9.40. The Morgan fingerprint density at radius 3 is 2.31 bits per heavy atom. The van der Waals surface area contributed by atoms with Gasteiger partial charge in [-0.15, -0.1) is 12.3 Å². The molecule has 0 aromatic rings. The molecule has 1 unspecified atom stereocenters. The largest absolute Gasteiger partial charge is 0.392 e. The van der Waals surface area contributed by atoms with Gasteiger partial charge in [-0.05, 0) is 12.8 Å². The molecule has 13 heavy (non-hydrogen) atoms. The van der Waals surface area contributed by atoms with Crippen molar-refractivity contribution in [3.63, 3.8) is 0 Å².